The number of amides is 3. The van der Waals surface area contributed by atoms with Gasteiger partial charge in [-0.3, -0.25) is 19.2 Å². The van der Waals surface area contributed by atoms with Crippen LogP contribution in [0.3, 0.4) is 0 Å². The molecule has 13 nitrogen and oxygen atoms in total. The fraction of sp³-hybridized carbons (Fsp3) is 0.773. The molecule has 0 aliphatic rings. The molecule has 0 saturated carbocycles. The topological polar surface area (TPSA) is 240 Å². The molecule has 0 saturated heterocycles. The van der Waals surface area contributed by atoms with E-state index in [1.54, 1.807) is 0 Å². The molecular weight excluding hydrogens is 460 g/mol. The average Bonchev–Trinajstić information content (AvgIpc) is 2.76. The third kappa shape index (κ3) is 14.3. The highest BCUT2D eigenvalue weighted by molar-refractivity contribution is 5.94. The van der Waals surface area contributed by atoms with Gasteiger partial charge >= 0.3 is 11.9 Å². The van der Waals surface area contributed by atoms with E-state index < -0.39 is 60.2 Å². The first-order valence-electron chi connectivity index (χ1n) is 11.9. The molecule has 4 atom stereocenters. The van der Waals surface area contributed by atoms with Crippen LogP contribution in [0.5, 0.6) is 0 Å². The van der Waals surface area contributed by atoms with Gasteiger partial charge in [-0.2, -0.15) is 0 Å². The van der Waals surface area contributed by atoms with Crippen molar-refractivity contribution < 1.29 is 34.2 Å². The molecule has 0 rings (SSSR count). The molecule has 11 N–H and O–H groups in total. The van der Waals surface area contributed by atoms with Gasteiger partial charge in [0.25, 0.3) is 0 Å². The normalized spacial score (nSPS) is 14.5. The summed E-state index contributed by atoms with van der Waals surface area (Å²) in [6, 6.07) is -4.60. The summed E-state index contributed by atoms with van der Waals surface area (Å²) in [6.45, 7) is 4.41. The zero-order valence-corrected chi connectivity index (χ0v) is 20.6. The van der Waals surface area contributed by atoms with Crippen LogP contribution >= 0.6 is 0 Å². The van der Waals surface area contributed by atoms with Crippen LogP contribution in [0.25, 0.3) is 0 Å². The van der Waals surface area contributed by atoms with Gasteiger partial charge in [0.2, 0.25) is 17.7 Å². The van der Waals surface area contributed by atoms with Gasteiger partial charge in [-0.1, -0.05) is 13.8 Å². The largest absolute Gasteiger partial charge is 0.481 e. The number of hydrogen-bond acceptors (Lipinski definition) is 8. The first kappa shape index (κ1) is 32.2. The van der Waals surface area contributed by atoms with E-state index in [9.17, 15) is 29.1 Å². The highest BCUT2D eigenvalue weighted by Crippen LogP contribution is 2.09. The third-order valence-electron chi connectivity index (χ3n) is 5.21. The van der Waals surface area contributed by atoms with Crippen molar-refractivity contribution in [2.45, 2.75) is 89.4 Å². The molecule has 0 spiro atoms. The Morgan fingerprint density at radius 2 is 1.14 bits per heavy atom. The number of carboxylic acids is 2. The molecule has 0 heterocycles. The second-order valence-corrected chi connectivity index (χ2v) is 8.92. The highest BCUT2D eigenvalue weighted by atomic mass is 16.4. The predicted octanol–water partition coefficient (Wildman–Crippen LogP) is -1.37. The first-order valence-corrected chi connectivity index (χ1v) is 11.9. The standard InChI is InChI=1S/C22H42N6O7/c1-13(2)11-17(22(34)35)28-21(33)16(8-4-6-10-24)27-20(32)15(7-3-5-9-23)26-19(31)14(25)12-18(29)30/h13-17H,3-12,23-25H2,1-2H3,(H,26,31)(H,27,32)(H,28,33)(H,29,30)(H,34,35). The predicted molar refractivity (Wildman–Crippen MR) is 129 cm³/mol. The van der Waals surface area contributed by atoms with Crippen molar-refractivity contribution in [2.24, 2.45) is 23.1 Å². The van der Waals surface area contributed by atoms with Gasteiger partial charge in [0.05, 0.1) is 12.5 Å². The van der Waals surface area contributed by atoms with Crippen molar-refractivity contribution in [3.63, 3.8) is 0 Å². The van der Waals surface area contributed by atoms with Crippen molar-refractivity contribution in [3.8, 4) is 0 Å². The smallest absolute Gasteiger partial charge is 0.326 e. The van der Waals surface area contributed by atoms with Gasteiger partial charge in [0.15, 0.2) is 0 Å². The molecule has 0 fully saturated rings. The summed E-state index contributed by atoms with van der Waals surface area (Å²) in [5.74, 6) is -4.56. The van der Waals surface area contributed by atoms with Crippen molar-refractivity contribution in [1.29, 1.82) is 0 Å². The van der Waals surface area contributed by atoms with Gasteiger partial charge in [-0.15, -0.1) is 0 Å². The van der Waals surface area contributed by atoms with E-state index in [1.807, 2.05) is 13.8 Å². The van der Waals surface area contributed by atoms with Crippen LogP contribution in [0.4, 0.5) is 0 Å². The van der Waals surface area contributed by atoms with Crippen LogP contribution in [-0.2, 0) is 24.0 Å². The van der Waals surface area contributed by atoms with E-state index in [-0.39, 0.29) is 25.2 Å². The second-order valence-electron chi connectivity index (χ2n) is 8.92. The fourth-order valence-electron chi connectivity index (χ4n) is 3.32. The Labute approximate surface area is 205 Å². The maximum absolute atomic E-state index is 13.0. The van der Waals surface area contributed by atoms with Gasteiger partial charge in [0, 0.05) is 0 Å². The summed E-state index contributed by atoms with van der Waals surface area (Å²) in [5.41, 5.74) is 16.6. The Balaban J connectivity index is 5.53. The second kappa shape index (κ2) is 17.6. The Kier molecular flexibility index (Phi) is 16.2. The lowest BCUT2D eigenvalue weighted by Gasteiger charge is -2.25. The fourth-order valence-corrected chi connectivity index (χ4v) is 3.32. The summed E-state index contributed by atoms with van der Waals surface area (Å²) in [4.78, 5) is 60.6. The molecular formula is C22H42N6O7. The number of rotatable bonds is 19. The van der Waals surface area contributed by atoms with Crippen molar-refractivity contribution in [3.05, 3.63) is 0 Å². The monoisotopic (exact) mass is 502 g/mol. The minimum absolute atomic E-state index is 0.0128. The zero-order valence-electron chi connectivity index (χ0n) is 20.6. The van der Waals surface area contributed by atoms with E-state index in [4.69, 9.17) is 22.3 Å². The molecule has 202 valence electrons. The van der Waals surface area contributed by atoms with E-state index in [2.05, 4.69) is 16.0 Å². The van der Waals surface area contributed by atoms with E-state index in [1.165, 1.54) is 0 Å². The van der Waals surface area contributed by atoms with Crippen LogP contribution in [0.2, 0.25) is 0 Å². The van der Waals surface area contributed by atoms with Crippen LogP contribution in [0, 0.1) is 5.92 Å². The minimum Gasteiger partial charge on any atom is -0.481 e. The number of nitrogens with one attached hydrogen (secondary N) is 3. The maximum atomic E-state index is 13.0. The molecule has 0 aromatic carbocycles. The number of carboxylic acid groups (broad SMARTS) is 2. The number of carbonyl (C=O) groups is 5. The molecule has 0 aromatic rings. The van der Waals surface area contributed by atoms with Crippen LogP contribution in [0.1, 0.15) is 65.2 Å². The number of nitrogens with two attached hydrogens (primary N) is 3. The summed E-state index contributed by atoms with van der Waals surface area (Å²) >= 11 is 0. The summed E-state index contributed by atoms with van der Waals surface area (Å²) in [5, 5.41) is 25.8. The zero-order chi connectivity index (χ0) is 27.0. The van der Waals surface area contributed by atoms with Gasteiger partial charge in [-0.25, -0.2) is 4.79 Å². The summed E-state index contributed by atoms with van der Waals surface area (Å²) < 4.78 is 0. The van der Waals surface area contributed by atoms with E-state index in [0.29, 0.717) is 38.8 Å². The van der Waals surface area contributed by atoms with Crippen molar-refractivity contribution >= 4 is 29.7 Å². The maximum Gasteiger partial charge on any atom is 0.326 e. The summed E-state index contributed by atoms with van der Waals surface area (Å²) in [6.07, 6.45) is 2.17. The first-order chi connectivity index (χ1) is 16.4. The lowest BCUT2D eigenvalue weighted by atomic mass is 10.0. The Morgan fingerprint density at radius 1 is 0.714 bits per heavy atom. The Hall–Kier alpha value is -2.77. The quantitative estimate of drug-likeness (QED) is 0.0963. The third-order valence-corrected chi connectivity index (χ3v) is 5.21. The lowest BCUT2D eigenvalue weighted by Crippen LogP contribution is -2.57. The molecule has 4 unspecified atom stereocenters. The van der Waals surface area contributed by atoms with Gasteiger partial charge in [0.1, 0.15) is 18.1 Å². The molecule has 35 heavy (non-hydrogen) atoms. The van der Waals surface area contributed by atoms with Crippen molar-refractivity contribution in [2.75, 3.05) is 13.1 Å². The van der Waals surface area contributed by atoms with E-state index >= 15 is 0 Å². The van der Waals surface area contributed by atoms with Gasteiger partial charge < -0.3 is 43.4 Å². The molecule has 0 bridgehead atoms. The minimum atomic E-state index is -1.35. The van der Waals surface area contributed by atoms with E-state index in [0.717, 1.165) is 0 Å². The average molecular weight is 503 g/mol. The molecule has 0 aliphatic heterocycles. The van der Waals surface area contributed by atoms with Crippen LogP contribution in [0.15, 0.2) is 0 Å². The van der Waals surface area contributed by atoms with Crippen LogP contribution in [-0.4, -0.2) is 77.1 Å². The highest BCUT2D eigenvalue weighted by Gasteiger charge is 2.30. The molecule has 0 aliphatic carbocycles. The lowest BCUT2D eigenvalue weighted by molar-refractivity contribution is -0.142. The van der Waals surface area contributed by atoms with Crippen molar-refractivity contribution in [1.82, 2.24) is 16.0 Å². The molecule has 13 heteroatoms. The molecule has 0 radical (unpaired) electrons. The van der Waals surface area contributed by atoms with Crippen LogP contribution < -0.4 is 33.2 Å². The number of aliphatic carboxylic acids is 2. The Bertz CT molecular complexity index is 704. The SMILES string of the molecule is CC(C)CC(NC(=O)C(CCCCN)NC(=O)C(CCCCN)NC(=O)C(N)CC(=O)O)C(=O)O. The molecule has 3 amide bonds. The number of hydrogen-bond donors (Lipinski definition) is 8. The number of carbonyl (C=O) groups excluding carboxylic acids is 3. The van der Waals surface area contributed by atoms with Gasteiger partial charge in [-0.05, 0) is 64.0 Å². The summed E-state index contributed by atoms with van der Waals surface area (Å²) in [7, 11) is 0. The molecule has 0 aromatic heterocycles. The Morgan fingerprint density at radius 3 is 1.51 bits per heavy atom. The number of unbranched alkanes of at least 4 members (excludes halogenated alkanes) is 2.